The van der Waals surface area contributed by atoms with Gasteiger partial charge in [0.2, 0.25) is 0 Å². The number of amides is 1. The second-order valence-corrected chi connectivity index (χ2v) is 5.04. The van der Waals surface area contributed by atoms with Crippen LogP contribution in [0.15, 0.2) is 36.4 Å². The van der Waals surface area contributed by atoms with Gasteiger partial charge in [0.05, 0.1) is 0 Å². The Balaban J connectivity index is 2.00. The number of aromatic nitrogens is 2. The molecule has 1 aliphatic heterocycles. The summed E-state index contributed by atoms with van der Waals surface area (Å²) in [5.74, 6) is 0.186. The lowest BCUT2D eigenvalue weighted by Gasteiger charge is -2.34. The standard InChI is InChI=1S/C15H16N4O/c1-10-6-7-11-4-2-3-5-13(11)19(10)15(20)12-8-9-14(16)18-17-12/h2-5,8-10H,6-7H2,1H3,(H2,16,18). The van der Waals surface area contributed by atoms with Crippen molar-refractivity contribution >= 4 is 17.4 Å². The fourth-order valence-electron chi connectivity index (χ4n) is 2.58. The molecule has 2 aromatic rings. The van der Waals surface area contributed by atoms with Crippen LogP contribution in [0, 0.1) is 0 Å². The number of aryl methyl sites for hydroxylation is 1. The number of anilines is 2. The lowest BCUT2D eigenvalue weighted by Crippen LogP contribution is -2.42. The van der Waals surface area contributed by atoms with Crippen LogP contribution < -0.4 is 10.6 Å². The number of benzene rings is 1. The summed E-state index contributed by atoms with van der Waals surface area (Å²) in [6.07, 6.45) is 1.94. The van der Waals surface area contributed by atoms with E-state index in [2.05, 4.69) is 23.2 Å². The third-order valence-corrected chi connectivity index (χ3v) is 3.65. The Hall–Kier alpha value is -2.43. The highest BCUT2D eigenvalue weighted by Crippen LogP contribution is 2.31. The Kier molecular flexibility index (Phi) is 3.10. The zero-order chi connectivity index (χ0) is 14.1. The molecule has 0 bridgehead atoms. The molecule has 1 atom stereocenters. The van der Waals surface area contributed by atoms with E-state index in [9.17, 15) is 4.79 Å². The van der Waals surface area contributed by atoms with Gasteiger partial charge in [0.25, 0.3) is 5.91 Å². The van der Waals surface area contributed by atoms with Crippen LogP contribution in [0.5, 0.6) is 0 Å². The van der Waals surface area contributed by atoms with Crippen LogP contribution in [0.3, 0.4) is 0 Å². The van der Waals surface area contributed by atoms with Crippen LogP contribution in [0.25, 0.3) is 0 Å². The molecule has 0 radical (unpaired) electrons. The van der Waals surface area contributed by atoms with E-state index in [-0.39, 0.29) is 11.9 Å². The molecule has 1 unspecified atom stereocenters. The number of para-hydroxylation sites is 1. The molecule has 1 aromatic carbocycles. The van der Waals surface area contributed by atoms with E-state index in [1.807, 2.05) is 18.2 Å². The number of nitrogen functional groups attached to an aromatic ring is 1. The fourth-order valence-corrected chi connectivity index (χ4v) is 2.58. The molecule has 0 saturated heterocycles. The lowest BCUT2D eigenvalue weighted by atomic mass is 9.96. The van der Waals surface area contributed by atoms with E-state index in [1.165, 1.54) is 5.56 Å². The third-order valence-electron chi connectivity index (χ3n) is 3.65. The molecule has 0 fully saturated rings. The maximum absolute atomic E-state index is 12.7. The van der Waals surface area contributed by atoms with Crippen LogP contribution in [0.1, 0.15) is 29.4 Å². The average Bonchev–Trinajstić information content (AvgIpc) is 2.47. The summed E-state index contributed by atoms with van der Waals surface area (Å²) in [5.41, 5.74) is 8.00. The summed E-state index contributed by atoms with van der Waals surface area (Å²) in [6.45, 7) is 2.05. The number of hydrogen-bond acceptors (Lipinski definition) is 4. The maximum Gasteiger partial charge on any atom is 0.279 e. The summed E-state index contributed by atoms with van der Waals surface area (Å²) in [4.78, 5) is 14.5. The van der Waals surface area contributed by atoms with Crippen molar-refractivity contribution < 1.29 is 4.79 Å². The van der Waals surface area contributed by atoms with Crippen molar-refractivity contribution in [3.8, 4) is 0 Å². The van der Waals surface area contributed by atoms with Crippen molar-refractivity contribution in [2.75, 3.05) is 10.6 Å². The minimum absolute atomic E-state index is 0.128. The normalized spacial score (nSPS) is 17.6. The molecular formula is C15H16N4O. The van der Waals surface area contributed by atoms with Crippen LogP contribution in [-0.4, -0.2) is 22.1 Å². The fraction of sp³-hybridized carbons (Fsp3) is 0.267. The molecule has 1 amide bonds. The van der Waals surface area contributed by atoms with Gasteiger partial charge in [0, 0.05) is 11.7 Å². The molecule has 3 rings (SSSR count). The molecule has 2 N–H and O–H groups in total. The number of rotatable bonds is 1. The molecule has 1 aliphatic rings. The van der Waals surface area contributed by atoms with Gasteiger partial charge in [-0.05, 0) is 43.5 Å². The quantitative estimate of drug-likeness (QED) is 0.859. The van der Waals surface area contributed by atoms with Crippen LogP contribution in [0.2, 0.25) is 0 Å². The van der Waals surface area contributed by atoms with Crippen molar-refractivity contribution in [2.24, 2.45) is 0 Å². The molecule has 20 heavy (non-hydrogen) atoms. The Bertz CT molecular complexity index is 639. The van der Waals surface area contributed by atoms with E-state index in [4.69, 9.17) is 5.73 Å². The zero-order valence-corrected chi connectivity index (χ0v) is 11.3. The number of nitrogens with two attached hydrogens (primary N) is 1. The van der Waals surface area contributed by atoms with Crippen LogP contribution in [-0.2, 0) is 6.42 Å². The summed E-state index contributed by atoms with van der Waals surface area (Å²) >= 11 is 0. The van der Waals surface area contributed by atoms with Crippen LogP contribution in [0.4, 0.5) is 11.5 Å². The Morgan fingerprint density at radius 1 is 1.25 bits per heavy atom. The second-order valence-electron chi connectivity index (χ2n) is 5.04. The van der Waals surface area contributed by atoms with Gasteiger partial charge < -0.3 is 10.6 Å². The Morgan fingerprint density at radius 3 is 2.80 bits per heavy atom. The smallest absolute Gasteiger partial charge is 0.279 e. The van der Waals surface area contributed by atoms with Gasteiger partial charge in [-0.3, -0.25) is 4.79 Å². The number of fused-ring (bicyclic) bond motifs is 1. The van der Waals surface area contributed by atoms with Gasteiger partial charge in [-0.1, -0.05) is 18.2 Å². The largest absolute Gasteiger partial charge is 0.382 e. The molecule has 5 heteroatoms. The zero-order valence-electron chi connectivity index (χ0n) is 11.3. The lowest BCUT2D eigenvalue weighted by molar-refractivity contribution is 0.0969. The van der Waals surface area contributed by atoms with Gasteiger partial charge in [-0.15, -0.1) is 10.2 Å². The number of carbonyl (C=O) groups is 1. The van der Waals surface area contributed by atoms with Gasteiger partial charge >= 0.3 is 0 Å². The first-order valence-corrected chi connectivity index (χ1v) is 6.67. The van der Waals surface area contributed by atoms with E-state index >= 15 is 0 Å². The summed E-state index contributed by atoms with van der Waals surface area (Å²) in [5, 5.41) is 7.65. The molecule has 1 aromatic heterocycles. The minimum atomic E-state index is -0.128. The monoisotopic (exact) mass is 268 g/mol. The van der Waals surface area contributed by atoms with Gasteiger partial charge in [-0.2, -0.15) is 0 Å². The Labute approximate surface area is 117 Å². The van der Waals surface area contributed by atoms with Crippen molar-refractivity contribution in [3.63, 3.8) is 0 Å². The van der Waals surface area contributed by atoms with E-state index in [0.717, 1.165) is 18.5 Å². The second kappa shape index (κ2) is 4.92. The summed E-state index contributed by atoms with van der Waals surface area (Å²) in [6, 6.07) is 11.4. The predicted molar refractivity (Wildman–Crippen MR) is 77.5 cm³/mol. The first-order valence-electron chi connectivity index (χ1n) is 6.67. The summed E-state index contributed by atoms with van der Waals surface area (Å²) < 4.78 is 0. The van der Waals surface area contributed by atoms with Gasteiger partial charge in [-0.25, -0.2) is 0 Å². The molecular weight excluding hydrogens is 252 g/mol. The molecule has 0 spiro atoms. The number of carbonyl (C=O) groups excluding carboxylic acids is 1. The molecule has 5 nitrogen and oxygen atoms in total. The highest BCUT2D eigenvalue weighted by Gasteiger charge is 2.29. The summed E-state index contributed by atoms with van der Waals surface area (Å²) in [7, 11) is 0. The van der Waals surface area contributed by atoms with E-state index < -0.39 is 0 Å². The SMILES string of the molecule is CC1CCc2ccccc2N1C(=O)c1ccc(N)nn1. The van der Waals surface area contributed by atoms with Crippen molar-refractivity contribution in [1.29, 1.82) is 0 Å². The van der Waals surface area contributed by atoms with Crippen molar-refractivity contribution in [2.45, 2.75) is 25.8 Å². The third kappa shape index (κ3) is 2.11. The molecule has 2 heterocycles. The highest BCUT2D eigenvalue weighted by atomic mass is 16.2. The van der Waals surface area contributed by atoms with Crippen molar-refractivity contribution in [3.05, 3.63) is 47.7 Å². The first kappa shape index (κ1) is 12.6. The van der Waals surface area contributed by atoms with Crippen LogP contribution >= 0.6 is 0 Å². The molecule has 102 valence electrons. The highest BCUT2D eigenvalue weighted by molar-refractivity contribution is 6.05. The first-order chi connectivity index (χ1) is 9.66. The van der Waals surface area contributed by atoms with E-state index in [0.29, 0.717) is 11.5 Å². The average molecular weight is 268 g/mol. The maximum atomic E-state index is 12.7. The van der Waals surface area contributed by atoms with Crippen molar-refractivity contribution in [1.82, 2.24) is 10.2 Å². The Morgan fingerprint density at radius 2 is 2.05 bits per heavy atom. The van der Waals surface area contributed by atoms with E-state index in [1.54, 1.807) is 17.0 Å². The van der Waals surface area contributed by atoms with Gasteiger partial charge in [0.1, 0.15) is 5.82 Å². The topological polar surface area (TPSA) is 72.1 Å². The number of hydrogen-bond donors (Lipinski definition) is 1. The molecule has 0 saturated carbocycles. The minimum Gasteiger partial charge on any atom is -0.382 e. The predicted octanol–water partition coefficient (Wildman–Crippen LogP) is 2.04. The van der Waals surface area contributed by atoms with Gasteiger partial charge in [0.15, 0.2) is 5.69 Å². The molecule has 0 aliphatic carbocycles. The number of nitrogens with zero attached hydrogens (tertiary/aromatic N) is 3.